The van der Waals surface area contributed by atoms with E-state index in [0.29, 0.717) is 51.0 Å². The Kier molecular flexibility index (Phi) is 9.05. The number of hydrogen-bond donors (Lipinski definition) is 1. The number of nitrogens with one attached hydrogen (secondary N) is 1. The highest BCUT2D eigenvalue weighted by Crippen LogP contribution is 2.08. The lowest BCUT2D eigenvalue weighted by atomic mass is 10.1. The lowest BCUT2D eigenvalue weighted by Crippen LogP contribution is -2.49. The molecule has 2 amide bonds. The van der Waals surface area contributed by atoms with E-state index in [9.17, 15) is 23.1 Å². The van der Waals surface area contributed by atoms with Gasteiger partial charge in [0.1, 0.15) is 0 Å². The number of amides is 2. The molecule has 1 fully saturated rings. The highest BCUT2D eigenvalue weighted by atomic mass is 32.2. The zero-order valence-electron chi connectivity index (χ0n) is 15.5. The molecule has 1 unspecified atom stereocenters. The smallest absolute Gasteiger partial charge is 0.332 e. The van der Waals surface area contributed by atoms with E-state index in [1.54, 1.807) is 40.1 Å². The van der Waals surface area contributed by atoms with Gasteiger partial charge in [0.2, 0.25) is 5.91 Å². The number of benzene rings is 1. The van der Waals surface area contributed by atoms with Crippen molar-refractivity contribution in [2.24, 2.45) is 0 Å². The van der Waals surface area contributed by atoms with E-state index in [2.05, 4.69) is 5.48 Å². The van der Waals surface area contributed by atoms with Crippen molar-refractivity contribution in [1.82, 2.24) is 15.3 Å². The molecule has 154 valence electrons. The van der Waals surface area contributed by atoms with Crippen molar-refractivity contribution in [3.63, 3.8) is 0 Å². The van der Waals surface area contributed by atoms with Crippen molar-refractivity contribution < 1.29 is 28.0 Å². The predicted octanol–water partition coefficient (Wildman–Crippen LogP) is 0.416. The van der Waals surface area contributed by atoms with Gasteiger partial charge in [0.25, 0.3) is 5.91 Å². The Hall–Kier alpha value is -2.30. The Morgan fingerprint density at radius 2 is 1.68 bits per heavy atom. The average Bonchev–Trinajstić information content (AvgIpc) is 2.70. The van der Waals surface area contributed by atoms with E-state index in [1.165, 1.54) is 0 Å². The number of carbonyl (C=O) groups excluding carboxylic acids is 3. The van der Waals surface area contributed by atoms with E-state index in [4.69, 9.17) is 4.84 Å². The molecule has 1 aliphatic heterocycles. The van der Waals surface area contributed by atoms with E-state index in [1.807, 2.05) is 0 Å². The van der Waals surface area contributed by atoms with E-state index < -0.39 is 23.0 Å². The number of carbonyl (C=O) groups is 3. The van der Waals surface area contributed by atoms with Gasteiger partial charge in [0, 0.05) is 44.6 Å². The summed E-state index contributed by atoms with van der Waals surface area (Å²) in [5.74, 6) is -1.07. The van der Waals surface area contributed by atoms with E-state index in [-0.39, 0.29) is 18.2 Å². The summed E-state index contributed by atoms with van der Waals surface area (Å²) in [6.07, 6.45) is 1.43. The first-order valence-corrected chi connectivity index (χ1v) is 10.3. The molecule has 0 aliphatic carbocycles. The van der Waals surface area contributed by atoms with Crippen LogP contribution in [0.3, 0.4) is 0 Å². The molecular weight excluding hydrogens is 386 g/mol. The van der Waals surface area contributed by atoms with Crippen molar-refractivity contribution in [3.05, 3.63) is 35.9 Å². The number of rotatable bonds is 8. The molecule has 1 saturated heterocycles. The van der Waals surface area contributed by atoms with E-state index in [0.717, 1.165) is 0 Å². The van der Waals surface area contributed by atoms with Gasteiger partial charge in [0.15, 0.2) is 0 Å². The maximum absolute atomic E-state index is 12.2. The summed E-state index contributed by atoms with van der Waals surface area (Å²) in [5, 5.41) is 0. The first-order chi connectivity index (χ1) is 13.5. The van der Waals surface area contributed by atoms with Crippen LogP contribution in [0.25, 0.3) is 0 Å². The Bertz CT molecular complexity index is 692. The van der Waals surface area contributed by atoms with Crippen LogP contribution in [0.15, 0.2) is 30.3 Å². The van der Waals surface area contributed by atoms with Crippen molar-refractivity contribution in [3.8, 4) is 0 Å². The first-order valence-electron chi connectivity index (χ1n) is 9.07. The molecule has 1 aromatic carbocycles. The quantitative estimate of drug-likeness (QED) is 0.375. The van der Waals surface area contributed by atoms with Gasteiger partial charge < -0.3 is 14.3 Å². The molecule has 1 atom stereocenters. The number of hydrogen-bond acceptors (Lipinski definition) is 7. The lowest BCUT2D eigenvalue weighted by Gasteiger charge is -2.35. The van der Waals surface area contributed by atoms with Crippen molar-refractivity contribution in [2.75, 3.05) is 32.1 Å². The Morgan fingerprint density at radius 3 is 2.32 bits per heavy atom. The Balaban J connectivity index is 1.56. The summed E-state index contributed by atoms with van der Waals surface area (Å²) in [6.45, 7) is 2.08. The number of hydroxylamine groups is 1. The Morgan fingerprint density at radius 1 is 1.04 bits per heavy atom. The van der Waals surface area contributed by atoms with Gasteiger partial charge in [-0.15, -0.1) is 0 Å². The highest BCUT2D eigenvalue weighted by Gasteiger charge is 2.20. The van der Waals surface area contributed by atoms with Crippen LogP contribution in [0.5, 0.6) is 0 Å². The number of unbranched alkanes of at least 4 members (excludes halogenated alkanes) is 1. The van der Waals surface area contributed by atoms with Gasteiger partial charge >= 0.3 is 5.97 Å². The van der Waals surface area contributed by atoms with Crippen molar-refractivity contribution in [1.29, 1.82) is 0 Å². The predicted molar refractivity (Wildman–Crippen MR) is 100 cm³/mol. The average molecular weight is 410 g/mol. The van der Waals surface area contributed by atoms with Crippen LogP contribution >= 0.6 is 0 Å². The summed E-state index contributed by atoms with van der Waals surface area (Å²) < 4.78 is 21.4. The van der Waals surface area contributed by atoms with E-state index >= 15 is 0 Å². The molecule has 9 nitrogen and oxygen atoms in total. The van der Waals surface area contributed by atoms with Crippen LogP contribution in [-0.2, 0) is 25.5 Å². The molecule has 1 N–H and O–H groups in total. The third kappa shape index (κ3) is 7.75. The molecule has 1 heterocycles. The van der Waals surface area contributed by atoms with Crippen molar-refractivity contribution in [2.45, 2.75) is 25.7 Å². The minimum Gasteiger partial charge on any atom is -0.771 e. The lowest BCUT2D eigenvalue weighted by molar-refractivity contribution is -0.149. The molecule has 2 rings (SSSR count). The summed E-state index contributed by atoms with van der Waals surface area (Å²) in [4.78, 5) is 43.8. The molecule has 0 spiro atoms. The van der Waals surface area contributed by atoms with Gasteiger partial charge in [-0.05, 0) is 36.1 Å². The SMILES string of the molecule is O=C(CCCCC(=O)N1CCN(CS(=O)[O-])CC1)ONC(=O)c1ccccc1. The largest absolute Gasteiger partial charge is 0.771 e. The molecular formula is C18H24N3O6S-. The second-order valence-corrected chi connectivity index (χ2v) is 7.28. The maximum atomic E-state index is 12.2. The van der Waals surface area contributed by atoms with Crippen molar-refractivity contribution >= 4 is 28.9 Å². The van der Waals surface area contributed by atoms with Crippen LogP contribution in [0.2, 0.25) is 0 Å². The molecule has 1 aliphatic rings. The van der Waals surface area contributed by atoms with Gasteiger partial charge in [-0.25, -0.2) is 4.79 Å². The zero-order chi connectivity index (χ0) is 20.4. The van der Waals surface area contributed by atoms with Gasteiger partial charge in [-0.1, -0.05) is 18.2 Å². The summed E-state index contributed by atoms with van der Waals surface area (Å²) in [7, 11) is 0. The molecule has 0 radical (unpaired) electrons. The van der Waals surface area contributed by atoms with Crippen LogP contribution in [-0.4, -0.2) is 68.4 Å². The second-order valence-electron chi connectivity index (χ2n) is 6.41. The Labute approximate surface area is 166 Å². The van der Waals surface area contributed by atoms with Gasteiger partial charge in [0.05, 0.1) is 5.88 Å². The molecule has 0 saturated carbocycles. The maximum Gasteiger partial charge on any atom is 0.332 e. The molecule has 28 heavy (non-hydrogen) atoms. The molecule has 0 bridgehead atoms. The zero-order valence-corrected chi connectivity index (χ0v) is 16.3. The van der Waals surface area contributed by atoms with Crippen LogP contribution in [0.4, 0.5) is 0 Å². The van der Waals surface area contributed by atoms with Gasteiger partial charge in [-0.2, -0.15) is 5.48 Å². The fourth-order valence-corrected chi connectivity index (χ4v) is 3.34. The summed E-state index contributed by atoms with van der Waals surface area (Å²) in [6, 6.07) is 8.40. The molecule has 0 aromatic heterocycles. The topological polar surface area (TPSA) is 119 Å². The molecule has 1 aromatic rings. The normalized spacial score (nSPS) is 15.7. The second kappa shape index (κ2) is 11.5. The fraction of sp³-hybridized carbons (Fsp3) is 0.500. The molecule has 10 heteroatoms. The number of nitrogens with zero attached hydrogens (tertiary/aromatic N) is 2. The van der Waals surface area contributed by atoms with Crippen LogP contribution in [0.1, 0.15) is 36.0 Å². The first kappa shape index (κ1) is 22.0. The number of piperazine rings is 1. The summed E-state index contributed by atoms with van der Waals surface area (Å²) >= 11 is -2.11. The summed E-state index contributed by atoms with van der Waals surface area (Å²) in [5.41, 5.74) is 2.50. The van der Waals surface area contributed by atoms with Gasteiger partial charge in [-0.3, -0.25) is 18.7 Å². The minimum atomic E-state index is -2.11. The third-order valence-corrected chi connectivity index (χ3v) is 4.90. The fourth-order valence-electron chi connectivity index (χ4n) is 2.78. The van der Waals surface area contributed by atoms with Crippen LogP contribution < -0.4 is 5.48 Å². The standard InChI is InChI=1S/C18H25N3O6S/c22-16(21-12-10-20(11-13-21)14-28(25)26)8-4-5-9-17(23)27-19-18(24)15-6-2-1-3-7-15/h1-3,6-7H,4-5,8-14H2,(H,19,24)(H,25,26)/p-1. The monoisotopic (exact) mass is 410 g/mol. The highest BCUT2D eigenvalue weighted by molar-refractivity contribution is 7.79. The minimum absolute atomic E-state index is 0.00589. The van der Waals surface area contributed by atoms with Crippen LogP contribution in [0, 0.1) is 0 Å². The third-order valence-electron chi connectivity index (χ3n) is 4.33.